The molecule has 3 heterocycles. The second-order valence-corrected chi connectivity index (χ2v) is 4.89. The summed E-state index contributed by atoms with van der Waals surface area (Å²) in [5.74, 6) is -1.34. The van der Waals surface area contributed by atoms with Gasteiger partial charge in [-0.05, 0) is 0 Å². The third kappa shape index (κ3) is 2.09. The molecule has 3 saturated heterocycles. The first kappa shape index (κ1) is 11.9. The standard InChI is InChI=1S/C10H11ClN2O5/c11-7-8(14)12(1-5-3-17-5)10(16)13(9(7)15)2-6-4-18-6/h5-7H,1-4H2. The molecule has 7 nitrogen and oxygen atoms in total. The number of epoxide rings is 2. The average molecular weight is 275 g/mol. The lowest BCUT2D eigenvalue weighted by Crippen LogP contribution is -2.61. The topological polar surface area (TPSA) is 82.8 Å². The Hall–Kier alpha value is -1.18. The molecule has 8 heteroatoms. The number of hydrogen-bond donors (Lipinski definition) is 0. The predicted molar refractivity (Wildman–Crippen MR) is 57.9 cm³/mol. The van der Waals surface area contributed by atoms with Crippen LogP contribution >= 0.6 is 11.6 Å². The Morgan fingerprint density at radius 1 is 1.00 bits per heavy atom. The number of hydrogen-bond acceptors (Lipinski definition) is 5. The lowest BCUT2D eigenvalue weighted by atomic mass is 10.2. The maximum atomic E-state index is 12.1. The normalized spacial score (nSPS) is 35.2. The number of nitrogens with zero attached hydrogens (tertiary/aromatic N) is 2. The molecule has 4 amide bonds. The summed E-state index contributed by atoms with van der Waals surface area (Å²) in [6, 6.07) is -0.632. The number of ether oxygens (including phenoxy) is 2. The van der Waals surface area contributed by atoms with Crippen LogP contribution in [0.25, 0.3) is 0 Å². The van der Waals surface area contributed by atoms with Gasteiger partial charge in [0, 0.05) is 0 Å². The molecule has 0 aromatic carbocycles. The minimum Gasteiger partial charge on any atom is -0.371 e. The van der Waals surface area contributed by atoms with Crippen LogP contribution in [0.15, 0.2) is 0 Å². The molecule has 0 saturated carbocycles. The van der Waals surface area contributed by atoms with E-state index in [1.54, 1.807) is 0 Å². The van der Waals surface area contributed by atoms with Crippen molar-refractivity contribution in [3.8, 4) is 0 Å². The lowest BCUT2D eigenvalue weighted by molar-refractivity contribution is -0.142. The first-order valence-electron chi connectivity index (χ1n) is 5.62. The average Bonchev–Trinajstić information content (AvgIpc) is 3.22. The van der Waals surface area contributed by atoms with Gasteiger partial charge in [-0.15, -0.1) is 11.6 Å². The molecule has 3 aliphatic rings. The number of barbiturate groups is 1. The Morgan fingerprint density at radius 2 is 1.39 bits per heavy atom. The highest BCUT2D eigenvalue weighted by molar-refractivity contribution is 6.44. The van der Waals surface area contributed by atoms with Crippen molar-refractivity contribution in [1.29, 1.82) is 0 Å². The number of urea groups is 1. The van der Waals surface area contributed by atoms with Crippen molar-refractivity contribution < 1.29 is 23.9 Å². The van der Waals surface area contributed by atoms with Crippen molar-refractivity contribution in [3.05, 3.63) is 0 Å². The van der Waals surface area contributed by atoms with Crippen LogP contribution in [-0.2, 0) is 19.1 Å². The molecule has 0 aliphatic carbocycles. The molecule has 0 N–H and O–H groups in total. The van der Waals surface area contributed by atoms with E-state index in [4.69, 9.17) is 21.1 Å². The van der Waals surface area contributed by atoms with E-state index < -0.39 is 23.2 Å². The summed E-state index contributed by atoms with van der Waals surface area (Å²) in [4.78, 5) is 37.6. The van der Waals surface area contributed by atoms with E-state index in [0.29, 0.717) is 13.2 Å². The largest absolute Gasteiger partial charge is 0.371 e. The fraction of sp³-hybridized carbons (Fsp3) is 0.700. The highest BCUT2D eigenvalue weighted by Crippen LogP contribution is 2.22. The summed E-state index contributed by atoms with van der Waals surface area (Å²) in [6.45, 7) is 1.33. The molecule has 3 rings (SSSR count). The smallest absolute Gasteiger partial charge is 0.333 e. The molecular formula is C10H11ClN2O5. The molecule has 0 radical (unpaired) electrons. The molecular weight excluding hydrogens is 264 g/mol. The van der Waals surface area contributed by atoms with E-state index in [0.717, 1.165) is 9.80 Å². The number of carbonyl (C=O) groups is 3. The molecule has 0 aromatic rings. The highest BCUT2D eigenvalue weighted by atomic mass is 35.5. The summed E-state index contributed by atoms with van der Waals surface area (Å²) in [6.07, 6.45) is -0.261. The summed E-state index contributed by atoms with van der Waals surface area (Å²) >= 11 is 5.76. The van der Waals surface area contributed by atoms with Crippen molar-refractivity contribution in [2.45, 2.75) is 17.6 Å². The molecule has 3 fully saturated rings. The Bertz CT molecular complexity index is 384. The van der Waals surface area contributed by atoms with Gasteiger partial charge in [-0.2, -0.15) is 0 Å². The second kappa shape index (κ2) is 4.18. The Balaban J connectivity index is 1.77. The molecule has 2 unspecified atom stereocenters. The van der Waals surface area contributed by atoms with Gasteiger partial charge in [0.05, 0.1) is 38.5 Å². The Morgan fingerprint density at radius 3 is 1.72 bits per heavy atom. The summed E-state index contributed by atoms with van der Waals surface area (Å²) in [5, 5.41) is -1.33. The van der Waals surface area contributed by atoms with Crippen LogP contribution in [0, 0.1) is 0 Å². The van der Waals surface area contributed by atoms with Crippen LogP contribution in [0.1, 0.15) is 0 Å². The van der Waals surface area contributed by atoms with E-state index >= 15 is 0 Å². The molecule has 18 heavy (non-hydrogen) atoms. The number of alkyl halides is 1. The number of halogens is 1. The Kier molecular flexibility index (Phi) is 2.76. The van der Waals surface area contributed by atoms with Gasteiger partial charge >= 0.3 is 6.03 Å². The zero-order valence-electron chi connectivity index (χ0n) is 9.37. The van der Waals surface area contributed by atoms with E-state index in [-0.39, 0.29) is 25.3 Å². The molecule has 98 valence electrons. The van der Waals surface area contributed by atoms with Crippen LogP contribution < -0.4 is 0 Å². The van der Waals surface area contributed by atoms with Gasteiger partial charge in [0.2, 0.25) is 0 Å². The summed E-state index contributed by atoms with van der Waals surface area (Å²) < 4.78 is 9.96. The monoisotopic (exact) mass is 274 g/mol. The van der Waals surface area contributed by atoms with Gasteiger partial charge in [-0.3, -0.25) is 19.4 Å². The lowest BCUT2D eigenvalue weighted by Gasteiger charge is -2.34. The molecule has 0 bridgehead atoms. The molecule has 0 aromatic heterocycles. The van der Waals surface area contributed by atoms with Gasteiger partial charge < -0.3 is 9.47 Å². The van der Waals surface area contributed by atoms with Crippen molar-refractivity contribution in [3.63, 3.8) is 0 Å². The van der Waals surface area contributed by atoms with Gasteiger partial charge in [-0.25, -0.2) is 4.79 Å². The number of rotatable bonds is 4. The first-order chi connectivity index (χ1) is 8.58. The van der Waals surface area contributed by atoms with Crippen LogP contribution in [0.3, 0.4) is 0 Å². The summed E-state index contributed by atoms with van der Waals surface area (Å²) in [5.41, 5.74) is 0. The van der Waals surface area contributed by atoms with Crippen LogP contribution in [0.2, 0.25) is 0 Å². The molecule has 3 aliphatic heterocycles. The van der Waals surface area contributed by atoms with E-state index in [2.05, 4.69) is 0 Å². The fourth-order valence-corrected chi connectivity index (χ4v) is 2.04. The third-order valence-corrected chi connectivity index (χ3v) is 3.38. The summed E-state index contributed by atoms with van der Waals surface area (Å²) in [7, 11) is 0. The minimum absolute atomic E-state index is 0.131. The van der Waals surface area contributed by atoms with Gasteiger partial charge in [-0.1, -0.05) is 0 Å². The molecule has 2 atom stereocenters. The fourth-order valence-electron chi connectivity index (χ4n) is 1.80. The minimum atomic E-state index is -1.33. The number of amides is 4. The SMILES string of the molecule is O=C1C(Cl)C(=O)N(CC2CO2)C(=O)N1CC1CO1. The van der Waals surface area contributed by atoms with Crippen molar-refractivity contribution in [2.24, 2.45) is 0 Å². The maximum Gasteiger partial charge on any atom is 0.333 e. The van der Waals surface area contributed by atoms with E-state index in [1.807, 2.05) is 0 Å². The number of imide groups is 2. The predicted octanol–water partition coefficient (Wildman–Crippen LogP) is -0.818. The van der Waals surface area contributed by atoms with Crippen LogP contribution in [-0.4, -0.2) is 71.5 Å². The van der Waals surface area contributed by atoms with Crippen molar-refractivity contribution >= 4 is 29.4 Å². The molecule has 0 spiro atoms. The third-order valence-electron chi connectivity index (χ3n) is 3.00. The number of carbonyl (C=O) groups excluding carboxylic acids is 3. The zero-order valence-corrected chi connectivity index (χ0v) is 10.1. The van der Waals surface area contributed by atoms with Gasteiger partial charge in [0.25, 0.3) is 11.8 Å². The van der Waals surface area contributed by atoms with Crippen LogP contribution in [0.5, 0.6) is 0 Å². The van der Waals surface area contributed by atoms with Gasteiger partial charge in [0.1, 0.15) is 0 Å². The zero-order chi connectivity index (χ0) is 12.9. The quantitative estimate of drug-likeness (QED) is 0.380. The maximum absolute atomic E-state index is 12.1. The van der Waals surface area contributed by atoms with E-state index in [1.165, 1.54) is 0 Å². The first-order valence-corrected chi connectivity index (χ1v) is 6.05. The van der Waals surface area contributed by atoms with Gasteiger partial charge in [0.15, 0.2) is 5.38 Å². The van der Waals surface area contributed by atoms with E-state index in [9.17, 15) is 14.4 Å². The van der Waals surface area contributed by atoms with Crippen LogP contribution in [0.4, 0.5) is 4.79 Å². The Labute approximate surface area is 108 Å². The van der Waals surface area contributed by atoms with Crippen molar-refractivity contribution in [2.75, 3.05) is 26.3 Å². The second-order valence-electron chi connectivity index (χ2n) is 4.45. The highest BCUT2D eigenvalue weighted by Gasteiger charge is 2.48. The van der Waals surface area contributed by atoms with Crippen molar-refractivity contribution in [1.82, 2.24) is 9.80 Å².